The molecule has 0 radical (unpaired) electrons. The van der Waals surface area contributed by atoms with Crippen molar-refractivity contribution >= 4 is 47.8 Å². The molecule has 1 atom stereocenters. The van der Waals surface area contributed by atoms with E-state index >= 15 is 0 Å². The van der Waals surface area contributed by atoms with Gasteiger partial charge in [0.25, 0.3) is 0 Å². The SMILES string of the molecule is Brc1cc(Br)cc(C(Br)c2ccc3c(c2)CCCO3)c1. The minimum Gasteiger partial charge on any atom is -0.493 e. The summed E-state index contributed by atoms with van der Waals surface area (Å²) in [5.41, 5.74) is 3.80. The molecule has 0 saturated heterocycles. The van der Waals surface area contributed by atoms with E-state index in [0.717, 1.165) is 34.1 Å². The zero-order chi connectivity index (χ0) is 14.1. The van der Waals surface area contributed by atoms with Crippen LogP contribution in [0.5, 0.6) is 5.75 Å². The quantitative estimate of drug-likeness (QED) is 0.498. The Morgan fingerprint density at radius 1 is 0.950 bits per heavy atom. The van der Waals surface area contributed by atoms with Gasteiger partial charge >= 0.3 is 0 Å². The summed E-state index contributed by atoms with van der Waals surface area (Å²) in [6.07, 6.45) is 2.21. The van der Waals surface area contributed by atoms with Gasteiger partial charge in [0.2, 0.25) is 0 Å². The van der Waals surface area contributed by atoms with Crippen LogP contribution < -0.4 is 4.74 Å². The maximum atomic E-state index is 5.67. The molecule has 0 aromatic heterocycles. The first kappa shape index (κ1) is 14.6. The average molecular weight is 461 g/mol. The van der Waals surface area contributed by atoms with Crippen molar-refractivity contribution in [2.45, 2.75) is 17.7 Å². The first-order chi connectivity index (χ1) is 9.63. The lowest BCUT2D eigenvalue weighted by atomic mass is 9.99. The Kier molecular flexibility index (Phi) is 4.53. The lowest BCUT2D eigenvalue weighted by molar-refractivity contribution is 0.288. The summed E-state index contributed by atoms with van der Waals surface area (Å²) in [6.45, 7) is 0.836. The third-order valence-electron chi connectivity index (χ3n) is 3.40. The highest BCUT2D eigenvalue weighted by Crippen LogP contribution is 2.36. The topological polar surface area (TPSA) is 9.23 Å². The van der Waals surface area contributed by atoms with Crippen LogP contribution >= 0.6 is 47.8 Å². The molecule has 104 valence electrons. The summed E-state index contributed by atoms with van der Waals surface area (Å²) < 4.78 is 7.82. The molecule has 0 amide bonds. The largest absolute Gasteiger partial charge is 0.493 e. The van der Waals surface area contributed by atoms with Gasteiger partial charge in [0.05, 0.1) is 11.4 Å². The van der Waals surface area contributed by atoms with E-state index in [1.807, 2.05) is 6.07 Å². The van der Waals surface area contributed by atoms with Gasteiger partial charge in [-0.3, -0.25) is 0 Å². The van der Waals surface area contributed by atoms with E-state index in [1.54, 1.807) is 0 Å². The molecule has 0 bridgehead atoms. The Balaban J connectivity index is 1.95. The monoisotopic (exact) mass is 458 g/mol. The van der Waals surface area contributed by atoms with E-state index in [0.29, 0.717) is 0 Å². The number of hydrogen-bond acceptors (Lipinski definition) is 1. The molecule has 1 aliphatic rings. The molecule has 3 rings (SSSR count). The average Bonchev–Trinajstić information content (AvgIpc) is 2.45. The molecule has 0 saturated carbocycles. The summed E-state index contributed by atoms with van der Waals surface area (Å²) in [5, 5.41) is 0. The van der Waals surface area contributed by atoms with Crippen LogP contribution in [0.4, 0.5) is 0 Å². The van der Waals surface area contributed by atoms with Crippen LogP contribution in [0.15, 0.2) is 45.3 Å². The van der Waals surface area contributed by atoms with Gasteiger partial charge in [-0.15, -0.1) is 0 Å². The van der Waals surface area contributed by atoms with Gasteiger partial charge < -0.3 is 4.74 Å². The predicted molar refractivity (Wildman–Crippen MR) is 92.9 cm³/mol. The van der Waals surface area contributed by atoms with Crippen molar-refractivity contribution in [1.29, 1.82) is 0 Å². The Morgan fingerprint density at radius 3 is 2.45 bits per heavy atom. The number of rotatable bonds is 2. The standard InChI is InChI=1S/C16H13Br3O/c17-13-7-12(8-14(18)9-13)16(19)11-3-4-15-10(6-11)2-1-5-20-15/h3-4,6-9,16H,1-2,5H2. The maximum Gasteiger partial charge on any atom is 0.122 e. The molecule has 0 N–H and O–H groups in total. The Labute approximate surface area is 144 Å². The second kappa shape index (κ2) is 6.20. The third-order valence-corrected chi connectivity index (χ3v) is 5.38. The van der Waals surface area contributed by atoms with Gasteiger partial charge in [0.1, 0.15) is 5.75 Å². The molecule has 0 spiro atoms. The molecule has 0 fully saturated rings. The minimum absolute atomic E-state index is 0.184. The van der Waals surface area contributed by atoms with E-state index in [4.69, 9.17) is 4.74 Å². The number of halogens is 3. The van der Waals surface area contributed by atoms with Gasteiger partial charge in [0, 0.05) is 8.95 Å². The number of alkyl halides is 1. The fourth-order valence-electron chi connectivity index (χ4n) is 2.45. The normalized spacial score (nSPS) is 15.3. The predicted octanol–water partition coefficient (Wildman–Crippen LogP) is 6.02. The number of hydrogen-bond donors (Lipinski definition) is 0. The first-order valence-corrected chi connectivity index (χ1v) is 8.99. The Hall–Kier alpha value is -0.320. The molecule has 2 aromatic rings. The smallest absolute Gasteiger partial charge is 0.122 e. The highest BCUT2D eigenvalue weighted by molar-refractivity contribution is 9.11. The van der Waals surface area contributed by atoms with E-state index in [1.165, 1.54) is 16.7 Å². The van der Waals surface area contributed by atoms with Crippen LogP contribution in [0.1, 0.15) is 27.9 Å². The molecule has 20 heavy (non-hydrogen) atoms. The molecule has 2 aromatic carbocycles. The minimum atomic E-state index is 0.184. The van der Waals surface area contributed by atoms with Crippen molar-refractivity contribution in [3.8, 4) is 5.75 Å². The van der Waals surface area contributed by atoms with Crippen molar-refractivity contribution in [3.63, 3.8) is 0 Å². The summed E-state index contributed by atoms with van der Waals surface area (Å²) in [7, 11) is 0. The van der Waals surface area contributed by atoms with Gasteiger partial charge in [-0.05, 0) is 53.8 Å². The molecular formula is C16H13Br3O. The maximum absolute atomic E-state index is 5.67. The third kappa shape index (κ3) is 3.12. The Morgan fingerprint density at radius 2 is 1.70 bits per heavy atom. The van der Waals surface area contributed by atoms with Crippen LogP contribution in [0.3, 0.4) is 0 Å². The van der Waals surface area contributed by atoms with Crippen molar-refractivity contribution in [3.05, 3.63) is 62.0 Å². The molecular weight excluding hydrogens is 448 g/mol. The summed E-state index contributed by atoms with van der Waals surface area (Å²) in [4.78, 5) is 0.184. The second-order valence-corrected chi connectivity index (χ2v) is 7.63. The molecule has 1 heterocycles. The Bertz CT molecular complexity index is 619. The van der Waals surface area contributed by atoms with Crippen LogP contribution in [-0.2, 0) is 6.42 Å². The summed E-state index contributed by atoms with van der Waals surface area (Å²) in [6, 6.07) is 12.8. The van der Waals surface area contributed by atoms with E-state index < -0.39 is 0 Å². The molecule has 4 heteroatoms. The van der Waals surface area contributed by atoms with Crippen LogP contribution in [0.25, 0.3) is 0 Å². The van der Waals surface area contributed by atoms with Crippen LogP contribution in [-0.4, -0.2) is 6.61 Å². The number of aryl methyl sites for hydroxylation is 1. The number of ether oxygens (including phenoxy) is 1. The fraction of sp³-hybridized carbons (Fsp3) is 0.250. The van der Waals surface area contributed by atoms with Gasteiger partial charge in [-0.2, -0.15) is 0 Å². The van der Waals surface area contributed by atoms with Gasteiger partial charge in [-0.25, -0.2) is 0 Å². The van der Waals surface area contributed by atoms with Crippen molar-refractivity contribution in [2.75, 3.05) is 6.61 Å². The molecule has 1 aliphatic heterocycles. The van der Waals surface area contributed by atoms with Crippen LogP contribution in [0.2, 0.25) is 0 Å². The second-order valence-electron chi connectivity index (χ2n) is 4.88. The van der Waals surface area contributed by atoms with Gasteiger partial charge in [-0.1, -0.05) is 59.9 Å². The highest BCUT2D eigenvalue weighted by atomic mass is 79.9. The fourth-order valence-corrected chi connectivity index (χ4v) is 4.33. The van der Waals surface area contributed by atoms with Crippen molar-refractivity contribution in [1.82, 2.24) is 0 Å². The first-order valence-electron chi connectivity index (χ1n) is 6.49. The molecule has 1 unspecified atom stereocenters. The van der Waals surface area contributed by atoms with Gasteiger partial charge in [0.15, 0.2) is 0 Å². The number of fused-ring (bicyclic) bond motifs is 1. The summed E-state index contributed by atoms with van der Waals surface area (Å²) >= 11 is 10.9. The van der Waals surface area contributed by atoms with Crippen molar-refractivity contribution in [2.24, 2.45) is 0 Å². The zero-order valence-corrected chi connectivity index (χ0v) is 15.5. The molecule has 0 aliphatic carbocycles. The van der Waals surface area contributed by atoms with Crippen molar-refractivity contribution < 1.29 is 4.74 Å². The summed E-state index contributed by atoms with van der Waals surface area (Å²) in [5.74, 6) is 1.04. The highest BCUT2D eigenvalue weighted by Gasteiger charge is 2.16. The van der Waals surface area contributed by atoms with E-state index in [-0.39, 0.29) is 4.83 Å². The lowest BCUT2D eigenvalue weighted by Crippen LogP contribution is -2.08. The van der Waals surface area contributed by atoms with Crippen LogP contribution in [0, 0.1) is 0 Å². The molecule has 1 nitrogen and oxygen atoms in total. The van der Waals surface area contributed by atoms with E-state index in [2.05, 4.69) is 78.1 Å². The lowest BCUT2D eigenvalue weighted by Gasteiger charge is -2.19. The zero-order valence-electron chi connectivity index (χ0n) is 10.7. The van der Waals surface area contributed by atoms with E-state index in [9.17, 15) is 0 Å². The number of benzene rings is 2.